The highest BCUT2D eigenvalue weighted by Crippen LogP contribution is 2.31. The predicted octanol–water partition coefficient (Wildman–Crippen LogP) is 1.12. The van der Waals surface area contributed by atoms with Gasteiger partial charge in [-0.05, 0) is 6.07 Å². The van der Waals surface area contributed by atoms with Gasteiger partial charge >= 0.3 is 6.03 Å². The molecule has 2 N–H and O–H groups in total. The van der Waals surface area contributed by atoms with Crippen LogP contribution in [0.4, 0.5) is 4.79 Å². The number of amides is 2. The standard InChI is InChI=1S/C14H19N3O2/c18-14-16-7-9-17(14)8-6-15-12-5-10-19-13-4-2-1-3-11(12)13/h1-4,12,15H,5-10H2,(H,16,18). The van der Waals surface area contributed by atoms with Gasteiger partial charge in [-0.15, -0.1) is 0 Å². The summed E-state index contributed by atoms with van der Waals surface area (Å²) >= 11 is 0. The molecule has 5 nitrogen and oxygen atoms in total. The second-order valence-electron chi connectivity index (χ2n) is 4.90. The van der Waals surface area contributed by atoms with Gasteiger partial charge in [0, 0.05) is 44.2 Å². The number of rotatable bonds is 4. The smallest absolute Gasteiger partial charge is 0.317 e. The summed E-state index contributed by atoms with van der Waals surface area (Å²) < 4.78 is 5.64. The van der Waals surface area contributed by atoms with Gasteiger partial charge in [-0.2, -0.15) is 0 Å². The van der Waals surface area contributed by atoms with E-state index in [1.165, 1.54) is 5.56 Å². The van der Waals surface area contributed by atoms with Gasteiger partial charge in [0.25, 0.3) is 0 Å². The van der Waals surface area contributed by atoms with Gasteiger partial charge in [-0.1, -0.05) is 18.2 Å². The van der Waals surface area contributed by atoms with Gasteiger partial charge in [0.15, 0.2) is 0 Å². The fourth-order valence-corrected chi connectivity index (χ4v) is 2.65. The normalized spacial score (nSPS) is 21.8. The molecule has 1 aromatic rings. The predicted molar refractivity (Wildman–Crippen MR) is 72.3 cm³/mol. The van der Waals surface area contributed by atoms with E-state index in [2.05, 4.69) is 16.7 Å². The Morgan fingerprint density at radius 2 is 2.32 bits per heavy atom. The van der Waals surface area contributed by atoms with Gasteiger partial charge in [-0.25, -0.2) is 4.79 Å². The van der Waals surface area contributed by atoms with Gasteiger partial charge in [0.2, 0.25) is 0 Å². The van der Waals surface area contributed by atoms with E-state index in [4.69, 9.17) is 4.74 Å². The number of carbonyl (C=O) groups excluding carboxylic acids is 1. The molecule has 0 bridgehead atoms. The summed E-state index contributed by atoms with van der Waals surface area (Å²) in [5.41, 5.74) is 1.22. The van der Waals surface area contributed by atoms with E-state index < -0.39 is 0 Å². The lowest BCUT2D eigenvalue weighted by Crippen LogP contribution is -2.37. The summed E-state index contributed by atoms with van der Waals surface area (Å²) in [6.45, 7) is 3.89. The highest BCUT2D eigenvalue weighted by molar-refractivity contribution is 5.76. The molecule has 19 heavy (non-hydrogen) atoms. The summed E-state index contributed by atoms with van der Waals surface area (Å²) in [5, 5.41) is 6.34. The van der Waals surface area contributed by atoms with Crippen LogP contribution in [-0.2, 0) is 0 Å². The monoisotopic (exact) mass is 261 g/mol. The number of urea groups is 1. The van der Waals surface area contributed by atoms with Crippen LogP contribution < -0.4 is 15.4 Å². The Balaban J connectivity index is 1.55. The molecule has 0 aliphatic carbocycles. The molecule has 1 unspecified atom stereocenters. The van der Waals surface area contributed by atoms with Crippen molar-refractivity contribution in [1.29, 1.82) is 0 Å². The fourth-order valence-electron chi connectivity index (χ4n) is 2.65. The zero-order valence-electron chi connectivity index (χ0n) is 10.9. The minimum absolute atomic E-state index is 0.0502. The average molecular weight is 261 g/mol. The quantitative estimate of drug-likeness (QED) is 0.854. The second kappa shape index (κ2) is 5.48. The van der Waals surface area contributed by atoms with E-state index in [0.717, 1.165) is 45.0 Å². The molecule has 3 rings (SSSR count). The van der Waals surface area contributed by atoms with Crippen molar-refractivity contribution in [1.82, 2.24) is 15.5 Å². The van der Waals surface area contributed by atoms with Crippen molar-refractivity contribution in [2.75, 3.05) is 32.8 Å². The first-order chi connectivity index (χ1) is 9.34. The van der Waals surface area contributed by atoms with Crippen LogP contribution in [0.25, 0.3) is 0 Å². The molecule has 1 atom stereocenters. The summed E-state index contributed by atoms with van der Waals surface area (Å²) in [6, 6.07) is 8.53. The summed E-state index contributed by atoms with van der Waals surface area (Å²) in [5.74, 6) is 0.977. The molecular weight excluding hydrogens is 242 g/mol. The van der Waals surface area contributed by atoms with Crippen LogP contribution in [0.2, 0.25) is 0 Å². The Morgan fingerprint density at radius 3 is 3.16 bits per heavy atom. The van der Waals surface area contributed by atoms with Crippen LogP contribution in [0.15, 0.2) is 24.3 Å². The van der Waals surface area contributed by atoms with Crippen molar-refractivity contribution >= 4 is 6.03 Å². The summed E-state index contributed by atoms with van der Waals surface area (Å²) in [4.78, 5) is 13.3. The van der Waals surface area contributed by atoms with Crippen molar-refractivity contribution in [3.05, 3.63) is 29.8 Å². The van der Waals surface area contributed by atoms with Crippen LogP contribution in [0.1, 0.15) is 18.0 Å². The summed E-state index contributed by atoms with van der Waals surface area (Å²) in [7, 11) is 0. The molecule has 2 aliphatic rings. The number of carbonyl (C=O) groups is 1. The fraction of sp³-hybridized carbons (Fsp3) is 0.500. The Bertz CT molecular complexity index is 464. The van der Waals surface area contributed by atoms with Crippen LogP contribution >= 0.6 is 0 Å². The number of nitrogens with one attached hydrogen (secondary N) is 2. The topological polar surface area (TPSA) is 53.6 Å². The maximum atomic E-state index is 11.4. The highest BCUT2D eigenvalue weighted by Gasteiger charge is 2.22. The Hall–Kier alpha value is -1.75. The maximum Gasteiger partial charge on any atom is 0.317 e. The number of nitrogens with zero attached hydrogens (tertiary/aromatic N) is 1. The van der Waals surface area contributed by atoms with Crippen LogP contribution in [0, 0.1) is 0 Å². The van der Waals surface area contributed by atoms with E-state index in [0.29, 0.717) is 6.04 Å². The first kappa shape index (κ1) is 12.3. The third-order valence-electron chi connectivity index (χ3n) is 3.68. The lowest BCUT2D eigenvalue weighted by Gasteiger charge is -2.27. The molecule has 1 aromatic carbocycles. The first-order valence-corrected chi connectivity index (χ1v) is 6.82. The molecule has 0 spiro atoms. The van der Waals surface area contributed by atoms with Crippen molar-refractivity contribution in [2.24, 2.45) is 0 Å². The number of benzene rings is 1. The minimum Gasteiger partial charge on any atom is -0.493 e. The molecule has 0 aromatic heterocycles. The largest absolute Gasteiger partial charge is 0.493 e. The molecule has 0 saturated carbocycles. The van der Waals surface area contributed by atoms with Gasteiger partial charge in [-0.3, -0.25) is 0 Å². The number of fused-ring (bicyclic) bond motifs is 1. The Morgan fingerprint density at radius 1 is 1.42 bits per heavy atom. The lowest BCUT2D eigenvalue weighted by atomic mass is 10.0. The molecule has 2 amide bonds. The third kappa shape index (κ3) is 2.66. The van der Waals surface area contributed by atoms with E-state index in [1.54, 1.807) is 0 Å². The number of ether oxygens (including phenoxy) is 1. The van der Waals surface area contributed by atoms with E-state index >= 15 is 0 Å². The van der Waals surface area contributed by atoms with Crippen molar-refractivity contribution in [3.8, 4) is 5.75 Å². The van der Waals surface area contributed by atoms with Crippen molar-refractivity contribution in [2.45, 2.75) is 12.5 Å². The van der Waals surface area contributed by atoms with Gasteiger partial charge in [0.1, 0.15) is 5.75 Å². The zero-order chi connectivity index (χ0) is 13.1. The molecule has 102 valence electrons. The van der Waals surface area contributed by atoms with Crippen LogP contribution in [-0.4, -0.2) is 43.7 Å². The third-order valence-corrected chi connectivity index (χ3v) is 3.68. The van der Waals surface area contributed by atoms with Gasteiger partial charge in [0.05, 0.1) is 6.61 Å². The lowest BCUT2D eigenvalue weighted by molar-refractivity contribution is 0.214. The maximum absolute atomic E-state index is 11.4. The van der Waals surface area contributed by atoms with Crippen LogP contribution in [0.3, 0.4) is 0 Å². The zero-order valence-corrected chi connectivity index (χ0v) is 10.9. The van der Waals surface area contributed by atoms with Crippen molar-refractivity contribution < 1.29 is 9.53 Å². The first-order valence-electron chi connectivity index (χ1n) is 6.82. The SMILES string of the molecule is O=C1NCCN1CCNC1CCOc2ccccc21. The number of hydrogen-bond donors (Lipinski definition) is 2. The molecule has 2 heterocycles. The average Bonchev–Trinajstić information content (AvgIpc) is 2.85. The van der Waals surface area contributed by atoms with Gasteiger partial charge < -0.3 is 20.3 Å². The second-order valence-corrected chi connectivity index (χ2v) is 4.90. The van der Waals surface area contributed by atoms with Crippen LogP contribution in [0.5, 0.6) is 5.75 Å². The molecule has 1 saturated heterocycles. The molecule has 5 heteroatoms. The van der Waals surface area contributed by atoms with E-state index in [-0.39, 0.29) is 6.03 Å². The summed E-state index contributed by atoms with van der Waals surface area (Å²) in [6.07, 6.45) is 0.975. The van der Waals surface area contributed by atoms with E-state index in [1.807, 2.05) is 23.1 Å². The Labute approximate surface area is 112 Å². The molecule has 2 aliphatic heterocycles. The Kier molecular flexibility index (Phi) is 3.55. The minimum atomic E-state index is 0.0502. The highest BCUT2D eigenvalue weighted by atomic mass is 16.5. The number of para-hydroxylation sites is 1. The van der Waals surface area contributed by atoms with E-state index in [9.17, 15) is 4.79 Å². The van der Waals surface area contributed by atoms with Crippen molar-refractivity contribution in [3.63, 3.8) is 0 Å². The molecular formula is C14H19N3O2. The molecule has 0 radical (unpaired) electrons. The molecule has 1 fully saturated rings. The number of hydrogen-bond acceptors (Lipinski definition) is 3.